The van der Waals surface area contributed by atoms with E-state index in [4.69, 9.17) is 20.7 Å². The molecule has 0 atom stereocenters. The molecule has 1 aliphatic carbocycles. The zero-order valence-corrected chi connectivity index (χ0v) is 14.6. The molecule has 2 aliphatic rings. The number of rotatable bonds is 3. The van der Waals surface area contributed by atoms with Gasteiger partial charge in [0.05, 0.1) is 7.11 Å². The van der Waals surface area contributed by atoms with Crippen molar-refractivity contribution in [2.45, 2.75) is 37.8 Å². The highest BCUT2D eigenvalue weighted by atomic mass is 16.6. The van der Waals surface area contributed by atoms with Crippen LogP contribution in [0.5, 0.6) is 6.08 Å². The van der Waals surface area contributed by atoms with Crippen LogP contribution >= 0.6 is 0 Å². The van der Waals surface area contributed by atoms with E-state index in [0.717, 1.165) is 36.9 Å². The van der Waals surface area contributed by atoms with E-state index < -0.39 is 5.66 Å². The molecule has 136 valence electrons. The van der Waals surface area contributed by atoms with Gasteiger partial charge in [-0.15, -0.1) is 0 Å². The first kappa shape index (κ1) is 16.4. The molecule has 0 amide bonds. The molecule has 1 fully saturated rings. The van der Waals surface area contributed by atoms with Gasteiger partial charge in [0, 0.05) is 11.3 Å². The quantitative estimate of drug-likeness (QED) is 0.859. The molecule has 1 aliphatic heterocycles. The van der Waals surface area contributed by atoms with Gasteiger partial charge in [0.2, 0.25) is 17.7 Å². The van der Waals surface area contributed by atoms with Crippen molar-refractivity contribution in [3.05, 3.63) is 24.3 Å². The topological polar surface area (TPSA) is 128 Å². The van der Waals surface area contributed by atoms with Gasteiger partial charge in [-0.1, -0.05) is 23.7 Å². The lowest BCUT2D eigenvalue weighted by Gasteiger charge is -2.45. The molecule has 26 heavy (non-hydrogen) atoms. The van der Waals surface area contributed by atoms with Crippen molar-refractivity contribution < 1.29 is 9.26 Å². The molecule has 0 bridgehead atoms. The van der Waals surface area contributed by atoms with Crippen molar-refractivity contribution in [1.29, 1.82) is 0 Å². The summed E-state index contributed by atoms with van der Waals surface area (Å²) in [5, 5.41) is 3.94. The van der Waals surface area contributed by atoms with Gasteiger partial charge in [-0.05, 0) is 37.8 Å². The standard InChI is InChI=1S/C17H21N7O2/c1-25-16-20-13(23-26-16)11-6-5-7-12(10-11)24-15(19)21-14(18)22-17(24)8-3-2-4-9-17/h5-7,10H,2-4,8-9H2,1H3,(H4,18,19,21,22). The first-order valence-electron chi connectivity index (χ1n) is 8.59. The number of anilines is 1. The second-order valence-corrected chi connectivity index (χ2v) is 6.46. The van der Waals surface area contributed by atoms with Crippen molar-refractivity contribution in [3.63, 3.8) is 0 Å². The Kier molecular flexibility index (Phi) is 3.98. The highest BCUT2D eigenvalue weighted by Gasteiger charge is 2.42. The molecule has 2 heterocycles. The second-order valence-electron chi connectivity index (χ2n) is 6.46. The maximum atomic E-state index is 6.27. The van der Waals surface area contributed by atoms with Crippen LogP contribution in [-0.4, -0.2) is 34.8 Å². The average molecular weight is 355 g/mol. The van der Waals surface area contributed by atoms with E-state index in [-0.39, 0.29) is 12.0 Å². The number of methoxy groups -OCH3 is 1. The monoisotopic (exact) mass is 355 g/mol. The third-order valence-corrected chi connectivity index (χ3v) is 4.80. The van der Waals surface area contributed by atoms with Gasteiger partial charge in [0.15, 0.2) is 0 Å². The summed E-state index contributed by atoms with van der Waals surface area (Å²) >= 11 is 0. The molecule has 0 unspecified atom stereocenters. The van der Waals surface area contributed by atoms with Gasteiger partial charge < -0.3 is 16.2 Å². The molecule has 0 radical (unpaired) electrons. The number of hydrogen-bond acceptors (Lipinski definition) is 9. The van der Waals surface area contributed by atoms with E-state index in [1.807, 2.05) is 29.2 Å². The Morgan fingerprint density at radius 1 is 1.19 bits per heavy atom. The highest BCUT2D eigenvalue weighted by molar-refractivity contribution is 6.05. The number of nitrogens with zero attached hydrogens (tertiary/aromatic N) is 5. The van der Waals surface area contributed by atoms with E-state index in [9.17, 15) is 0 Å². The Morgan fingerprint density at radius 3 is 2.73 bits per heavy atom. The van der Waals surface area contributed by atoms with Gasteiger partial charge >= 0.3 is 6.08 Å². The van der Waals surface area contributed by atoms with Crippen LogP contribution in [0, 0.1) is 0 Å². The highest BCUT2D eigenvalue weighted by Crippen LogP contribution is 2.40. The van der Waals surface area contributed by atoms with E-state index >= 15 is 0 Å². The lowest BCUT2D eigenvalue weighted by Crippen LogP contribution is -2.58. The van der Waals surface area contributed by atoms with Gasteiger partial charge in [0.1, 0.15) is 5.66 Å². The lowest BCUT2D eigenvalue weighted by molar-refractivity contribution is 0.250. The molecule has 9 heteroatoms. The smallest absolute Gasteiger partial charge is 0.417 e. The molecule has 1 aromatic carbocycles. The number of ether oxygens (including phenoxy) is 1. The summed E-state index contributed by atoms with van der Waals surface area (Å²) in [7, 11) is 1.48. The van der Waals surface area contributed by atoms with Crippen LogP contribution in [0.3, 0.4) is 0 Å². The van der Waals surface area contributed by atoms with Gasteiger partial charge in [0.25, 0.3) is 0 Å². The molecule has 1 spiro atoms. The van der Waals surface area contributed by atoms with Crippen molar-refractivity contribution in [3.8, 4) is 17.5 Å². The second kappa shape index (κ2) is 6.32. The Morgan fingerprint density at radius 2 is 2.00 bits per heavy atom. The minimum Gasteiger partial charge on any atom is -0.452 e. The number of nitrogens with two attached hydrogens (primary N) is 2. The molecule has 1 aromatic heterocycles. The van der Waals surface area contributed by atoms with E-state index in [2.05, 4.69) is 20.1 Å². The van der Waals surface area contributed by atoms with E-state index in [1.165, 1.54) is 13.5 Å². The Bertz CT molecular complexity index is 868. The van der Waals surface area contributed by atoms with E-state index in [1.54, 1.807) is 0 Å². The average Bonchev–Trinajstić information content (AvgIpc) is 3.11. The van der Waals surface area contributed by atoms with Crippen LogP contribution in [0.15, 0.2) is 38.8 Å². The van der Waals surface area contributed by atoms with Crippen LogP contribution in [0.25, 0.3) is 11.4 Å². The first-order valence-corrected chi connectivity index (χ1v) is 8.59. The van der Waals surface area contributed by atoms with Crippen molar-refractivity contribution in [1.82, 2.24) is 10.1 Å². The summed E-state index contributed by atoms with van der Waals surface area (Å²) in [6.45, 7) is 0. The lowest BCUT2D eigenvalue weighted by atomic mass is 9.87. The van der Waals surface area contributed by atoms with Crippen LogP contribution in [0.4, 0.5) is 5.69 Å². The van der Waals surface area contributed by atoms with E-state index in [0.29, 0.717) is 11.8 Å². The minimum absolute atomic E-state index is 0.116. The zero-order valence-electron chi connectivity index (χ0n) is 14.6. The van der Waals surface area contributed by atoms with Crippen LogP contribution < -0.4 is 21.1 Å². The molecule has 0 saturated heterocycles. The summed E-state index contributed by atoms with van der Waals surface area (Å²) in [5.74, 6) is 1.03. The number of benzene rings is 1. The summed E-state index contributed by atoms with van der Waals surface area (Å²) < 4.78 is 9.98. The molecule has 1 saturated carbocycles. The van der Waals surface area contributed by atoms with Crippen molar-refractivity contribution in [2.75, 3.05) is 12.0 Å². The normalized spacial score (nSPS) is 19.2. The molecule has 4 N–H and O–H groups in total. The SMILES string of the molecule is COc1nc(-c2cccc(N3C(N)=NC(N)=NC34CCCCC4)c2)no1. The predicted octanol–water partition coefficient (Wildman–Crippen LogP) is 1.85. The number of aliphatic imine (C=N–C) groups is 2. The predicted molar refractivity (Wildman–Crippen MR) is 97.8 cm³/mol. The van der Waals surface area contributed by atoms with Gasteiger partial charge in [-0.2, -0.15) is 9.98 Å². The number of hydrogen-bond donors (Lipinski definition) is 2. The summed E-state index contributed by atoms with van der Waals surface area (Å²) in [6.07, 6.45) is 5.20. The molecular weight excluding hydrogens is 334 g/mol. The van der Waals surface area contributed by atoms with Crippen LogP contribution in [0.1, 0.15) is 32.1 Å². The fourth-order valence-corrected chi connectivity index (χ4v) is 3.69. The largest absolute Gasteiger partial charge is 0.452 e. The summed E-state index contributed by atoms with van der Waals surface area (Å²) in [5.41, 5.74) is 13.4. The summed E-state index contributed by atoms with van der Waals surface area (Å²) in [6, 6.07) is 7.73. The maximum absolute atomic E-state index is 6.27. The van der Waals surface area contributed by atoms with Gasteiger partial charge in [-0.3, -0.25) is 9.42 Å². The van der Waals surface area contributed by atoms with Crippen LogP contribution in [0.2, 0.25) is 0 Å². The summed E-state index contributed by atoms with van der Waals surface area (Å²) in [4.78, 5) is 15.0. The fourth-order valence-electron chi connectivity index (χ4n) is 3.69. The number of guanidine groups is 2. The molecule has 2 aromatic rings. The van der Waals surface area contributed by atoms with Crippen molar-refractivity contribution in [2.24, 2.45) is 21.5 Å². The zero-order chi connectivity index (χ0) is 18.1. The Balaban J connectivity index is 1.75. The molecular formula is C17H21N7O2. The molecule has 4 rings (SSSR count). The minimum atomic E-state index is -0.484. The third-order valence-electron chi connectivity index (χ3n) is 4.80. The van der Waals surface area contributed by atoms with Crippen molar-refractivity contribution >= 4 is 17.6 Å². The first-order chi connectivity index (χ1) is 12.6. The van der Waals surface area contributed by atoms with Gasteiger partial charge in [-0.25, -0.2) is 4.99 Å². The maximum Gasteiger partial charge on any atom is 0.417 e. The number of aromatic nitrogens is 2. The third kappa shape index (κ3) is 2.75. The Hall–Kier alpha value is -3.10. The Labute approximate surface area is 150 Å². The molecule has 9 nitrogen and oxygen atoms in total. The van der Waals surface area contributed by atoms with Crippen LogP contribution in [-0.2, 0) is 0 Å². The fraction of sp³-hybridized carbons (Fsp3) is 0.412.